The molecule has 0 saturated heterocycles. The first-order chi connectivity index (χ1) is 13.2. The summed E-state index contributed by atoms with van der Waals surface area (Å²) in [4.78, 5) is 4.73. The molecule has 27 heavy (non-hydrogen) atoms. The lowest BCUT2D eigenvalue weighted by Crippen LogP contribution is -2.41. The van der Waals surface area contributed by atoms with Gasteiger partial charge in [0, 0.05) is 18.6 Å². The molecule has 0 aliphatic rings. The zero-order chi connectivity index (χ0) is 19.2. The molecule has 2 aromatic carbocycles. The standard InChI is InChI=1S/C20H20N4O2S/c1-25-17-12-15-16(13-18(17)26-2)23-20(27-11-9-21)24(19(15)22)10-8-14-6-4-3-5-7-14/h3-7,12-13,22H,8,10-11H2,1-2H3/p+1. The Morgan fingerprint density at radius 2 is 1.85 bits per heavy atom. The van der Waals surface area contributed by atoms with Crippen LogP contribution in [-0.4, -0.2) is 25.0 Å². The Balaban J connectivity index is 2.08. The summed E-state index contributed by atoms with van der Waals surface area (Å²) in [5, 5.41) is 10.5. The van der Waals surface area contributed by atoms with Gasteiger partial charge in [0.1, 0.15) is 0 Å². The van der Waals surface area contributed by atoms with Gasteiger partial charge in [-0.25, -0.2) is 4.57 Å². The molecule has 0 fully saturated rings. The maximum Gasteiger partial charge on any atom is 0.300 e. The highest BCUT2D eigenvalue weighted by Crippen LogP contribution is 2.33. The summed E-state index contributed by atoms with van der Waals surface area (Å²) in [5.41, 5.74) is 8.43. The molecule has 0 aliphatic heterocycles. The number of hydrogen-bond donors (Lipinski definition) is 1. The third kappa shape index (κ3) is 4.07. The van der Waals surface area contributed by atoms with Gasteiger partial charge in [0.05, 0.1) is 38.0 Å². The van der Waals surface area contributed by atoms with Crippen LogP contribution in [0.5, 0.6) is 11.5 Å². The second-order valence-corrected chi connectivity index (χ2v) is 6.78. The second-order valence-electron chi connectivity index (χ2n) is 5.84. The van der Waals surface area contributed by atoms with E-state index in [9.17, 15) is 0 Å². The molecular formula is C20H21N4O2S+. The van der Waals surface area contributed by atoms with Crippen molar-refractivity contribution in [2.45, 2.75) is 18.1 Å². The van der Waals surface area contributed by atoms with Crippen molar-refractivity contribution >= 4 is 28.5 Å². The Kier molecular flexibility index (Phi) is 5.99. The Morgan fingerprint density at radius 3 is 2.52 bits per heavy atom. The average Bonchev–Trinajstić information content (AvgIpc) is 2.71. The van der Waals surface area contributed by atoms with E-state index >= 15 is 0 Å². The van der Waals surface area contributed by atoms with Crippen molar-refractivity contribution in [3.8, 4) is 17.6 Å². The second kappa shape index (κ2) is 8.60. The van der Waals surface area contributed by atoms with E-state index in [2.05, 4.69) is 18.2 Å². The van der Waals surface area contributed by atoms with E-state index < -0.39 is 0 Å². The lowest BCUT2D eigenvalue weighted by molar-refractivity contribution is -0.721. The zero-order valence-electron chi connectivity index (χ0n) is 15.3. The monoisotopic (exact) mass is 381 g/mol. The van der Waals surface area contributed by atoms with Crippen LogP contribution in [0.3, 0.4) is 0 Å². The van der Waals surface area contributed by atoms with Gasteiger partial charge in [0.25, 0.3) is 5.16 Å². The van der Waals surface area contributed by atoms with Crippen LogP contribution in [0.15, 0.2) is 47.6 Å². The van der Waals surface area contributed by atoms with Crippen molar-refractivity contribution in [3.63, 3.8) is 0 Å². The van der Waals surface area contributed by atoms with Gasteiger partial charge in [-0.1, -0.05) is 35.3 Å². The van der Waals surface area contributed by atoms with E-state index in [0.717, 1.165) is 11.8 Å². The molecule has 0 unspecified atom stereocenters. The predicted octanol–water partition coefficient (Wildman–Crippen LogP) is 2.98. The lowest BCUT2D eigenvalue weighted by Gasteiger charge is -2.12. The molecule has 7 heteroatoms. The summed E-state index contributed by atoms with van der Waals surface area (Å²) in [7, 11) is 3.18. The van der Waals surface area contributed by atoms with Gasteiger partial charge in [-0.3, -0.25) is 0 Å². The van der Waals surface area contributed by atoms with Crippen LogP contribution < -0.4 is 19.8 Å². The van der Waals surface area contributed by atoms with Crippen LogP contribution in [0.2, 0.25) is 0 Å². The van der Waals surface area contributed by atoms with E-state index in [-0.39, 0.29) is 0 Å². The number of rotatable bonds is 7. The smallest absolute Gasteiger partial charge is 0.300 e. The maximum atomic E-state index is 8.98. The molecule has 0 aliphatic carbocycles. The SMILES string of the molecule is COc1cc2nc(SCC#N)[n+](CCc3ccccc3)c(N)c2cc1OC. The number of nitriles is 1. The molecule has 0 amide bonds. The van der Waals surface area contributed by atoms with Gasteiger partial charge in [0.15, 0.2) is 17.0 Å². The highest BCUT2D eigenvalue weighted by molar-refractivity contribution is 7.99. The van der Waals surface area contributed by atoms with Crippen molar-refractivity contribution in [1.29, 1.82) is 5.26 Å². The minimum Gasteiger partial charge on any atom is -0.493 e. The van der Waals surface area contributed by atoms with Crippen molar-refractivity contribution in [2.24, 2.45) is 0 Å². The van der Waals surface area contributed by atoms with E-state index in [4.69, 9.17) is 25.5 Å². The minimum atomic E-state index is 0.302. The van der Waals surface area contributed by atoms with Gasteiger partial charge in [-0.2, -0.15) is 5.26 Å². The summed E-state index contributed by atoms with van der Waals surface area (Å²) in [6, 6.07) is 16.0. The molecule has 1 aromatic heterocycles. The van der Waals surface area contributed by atoms with Crippen molar-refractivity contribution in [3.05, 3.63) is 48.0 Å². The number of fused-ring (bicyclic) bond motifs is 1. The fourth-order valence-electron chi connectivity index (χ4n) is 2.89. The molecule has 0 saturated carbocycles. The Bertz CT molecular complexity index is 987. The van der Waals surface area contributed by atoms with Crippen molar-refractivity contribution in [2.75, 3.05) is 25.7 Å². The summed E-state index contributed by atoms with van der Waals surface area (Å²) >= 11 is 1.37. The van der Waals surface area contributed by atoms with Gasteiger partial charge < -0.3 is 15.2 Å². The zero-order valence-corrected chi connectivity index (χ0v) is 16.1. The number of thioether (sulfide) groups is 1. The lowest BCUT2D eigenvalue weighted by atomic mass is 10.1. The molecule has 6 nitrogen and oxygen atoms in total. The number of nitrogens with two attached hydrogens (primary N) is 1. The van der Waals surface area contributed by atoms with Crippen LogP contribution in [0.25, 0.3) is 10.9 Å². The molecule has 0 atom stereocenters. The quantitative estimate of drug-likeness (QED) is 0.385. The number of ether oxygens (including phenoxy) is 2. The fourth-order valence-corrected chi connectivity index (χ4v) is 3.59. The first kappa shape index (κ1) is 18.8. The maximum absolute atomic E-state index is 8.98. The van der Waals surface area contributed by atoms with Crippen LogP contribution >= 0.6 is 11.8 Å². The van der Waals surface area contributed by atoms with Crippen LogP contribution in [0, 0.1) is 11.3 Å². The molecule has 0 bridgehead atoms. The number of aryl methyl sites for hydroxylation is 1. The third-order valence-electron chi connectivity index (χ3n) is 4.25. The average molecular weight is 381 g/mol. The Hall–Kier alpha value is -2.98. The van der Waals surface area contributed by atoms with Gasteiger partial charge in [-0.15, -0.1) is 0 Å². The van der Waals surface area contributed by atoms with Gasteiger partial charge in [-0.05, 0) is 17.3 Å². The Labute approximate surface area is 162 Å². The largest absolute Gasteiger partial charge is 0.493 e. The molecule has 1 heterocycles. The first-order valence-electron chi connectivity index (χ1n) is 8.46. The summed E-state index contributed by atoms with van der Waals surface area (Å²) in [5.74, 6) is 2.09. The van der Waals surface area contributed by atoms with Gasteiger partial charge in [0.2, 0.25) is 5.82 Å². The summed E-state index contributed by atoms with van der Waals surface area (Å²) in [6.45, 7) is 0.668. The highest BCUT2D eigenvalue weighted by Gasteiger charge is 2.21. The predicted molar refractivity (Wildman–Crippen MR) is 106 cm³/mol. The number of benzene rings is 2. The number of anilines is 1. The normalized spacial score (nSPS) is 10.6. The van der Waals surface area contributed by atoms with E-state index in [1.165, 1.54) is 17.3 Å². The van der Waals surface area contributed by atoms with Crippen LogP contribution in [0.4, 0.5) is 5.82 Å². The number of aromatic nitrogens is 2. The third-order valence-corrected chi connectivity index (χ3v) is 5.09. The number of methoxy groups -OCH3 is 2. The van der Waals surface area contributed by atoms with Crippen LogP contribution in [0.1, 0.15) is 5.56 Å². The summed E-state index contributed by atoms with van der Waals surface area (Å²) < 4.78 is 12.7. The molecule has 138 valence electrons. The van der Waals surface area contributed by atoms with E-state index in [1.54, 1.807) is 14.2 Å². The molecule has 3 rings (SSSR count). The minimum absolute atomic E-state index is 0.302. The van der Waals surface area contributed by atoms with E-state index in [1.807, 2.05) is 34.9 Å². The highest BCUT2D eigenvalue weighted by atomic mass is 32.2. The topological polar surface area (TPSA) is 85.0 Å². The molecular weight excluding hydrogens is 360 g/mol. The number of nitrogens with zero attached hydrogens (tertiary/aromatic N) is 3. The molecule has 0 radical (unpaired) electrons. The number of hydrogen-bond acceptors (Lipinski definition) is 6. The molecule has 0 spiro atoms. The van der Waals surface area contributed by atoms with Crippen LogP contribution in [-0.2, 0) is 13.0 Å². The van der Waals surface area contributed by atoms with Gasteiger partial charge >= 0.3 is 0 Å². The Morgan fingerprint density at radius 1 is 1.15 bits per heavy atom. The van der Waals surface area contributed by atoms with Crippen molar-refractivity contribution in [1.82, 2.24) is 4.98 Å². The molecule has 2 N–H and O–H groups in total. The van der Waals surface area contributed by atoms with Crippen molar-refractivity contribution < 1.29 is 14.0 Å². The number of nitrogen functional groups attached to an aromatic ring is 1. The van der Waals surface area contributed by atoms with E-state index in [0.29, 0.717) is 40.3 Å². The summed E-state index contributed by atoms with van der Waals surface area (Å²) in [6.07, 6.45) is 0.816. The first-order valence-corrected chi connectivity index (χ1v) is 9.45. The molecule has 3 aromatic rings. The fraction of sp³-hybridized carbons (Fsp3) is 0.250.